The molecule has 0 aromatic heterocycles. The molecule has 0 aromatic carbocycles. The van der Waals surface area contributed by atoms with Gasteiger partial charge >= 0.3 is 0 Å². The summed E-state index contributed by atoms with van der Waals surface area (Å²) in [5.41, 5.74) is 0. The van der Waals surface area contributed by atoms with Gasteiger partial charge in [0.25, 0.3) is 0 Å². The van der Waals surface area contributed by atoms with Gasteiger partial charge in [0.05, 0.1) is 0 Å². The summed E-state index contributed by atoms with van der Waals surface area (Å²) in [4.78, 5) is 1.62. The molecule has 0 spiro atoms. The summed E-state index contributed by atoms with van der Waals surface area (Å²) in [5, 5.41) is 6.25. The summed E-state index contributed by atoms with van der Waals surface area (Å²) in [6, 6.07) is 0. The second kappa shape index (κ2) is 7.13. The number of hydrazone groups is 1. The van der Waals surface area contributed by atoms with Crippen LogP contribution in [0.25, 0.3) is 0 Å². The maximum atomic E-state index is 6.24. The Labute approximate surface area is 139 Å². The number of alkyl halides is 5. The fourth-order valence-corrected chi connectivity index (χ4v) is 2.54. The number of halogens is 5. The minimum absolute atomic E-state index is 0.0782. The SMILES string of the molecule is CCCCC1N(CCC)N=CN1C(Cl)(Cl)C(Cl)(Cl)Cl. The standard InChI is InChI=1S/C11H18Cl5N3/c1-3-5-6-9-18(8-17-19(9)7-4-2)11(15,16)10(12,13)14/h8-9H,3-7H2,1-2H3. The van der Waals surface area contributed by atoms with E-state index in [1.165, 1.54) is 0 Å². The van der Waals surface area contributed by atoms with Crippen LogP contribution >= 0.6 is 58.0 Å². The normalized spacial score (nSPS) is 20.5. The lowest BCUT2D eigenvalue weighted by atomic mass is 10.2. The van der Waals surface area contributed by atoms with Crippen molar-refractivity contribution in [3.8, 4) is 0 Å². The van der Waals surface area contributed by atoms with Crippen LogP contribution in [0.2, 0.25) is 0 Å². The van der Waals surface area contributed by atoms with E-state index in [1.807, 2.05) is 5.01 Å². The van der Waals surface area contributed by atoms with Gasteiger partial charge in [-0.3, -0.25) is 5.01 Å². The molecule has 1 unspecified atom stereocenters. The van der Waals surface area contributed by atoms with Crippen molar-refractivity contribution in [1.29, 1.82) is 0 Å². The third-order valence-electron chi connectivity index (χ3n) is 2.92. The molecule has 1 heterocycles. The van der Waals surface area contributed by atoms with E-state index in [4.69, 9.17) is 58.0 Å². The Morgan fingerprint density at radius 2 is 1.74 bits per heavy atom. The van der Waals surface area contributed by atoms with Crippen LogP contribution in [0.5, 0.6) is 0 Å². The molecule has 0 fully saturated rings. The summed E-state index contributed by atoms with van der Waals surface area (Å²) in [5.74, 6) is 0. The van der Waals surface area contributed by atoms with E-state index in [1.54, 1.807) is 11.2 Å². The second-order valence-corrected chi connectivity index (χ2v) is 8.03. The molecule has 3 nitrogen and oxygen atoms in total. The summed E-state index contributed by atoms with van der Waals surface area (Å²) in [7, 11) is 0. The maximum absolute atomic E-state index is 6.24. The number of hydrogen-bond acceptors (Lipinski definition) is 3. The van der Waals surface area contributed by atoms with Gasteiger partial charge < -0.3 is 4.90 Å². The van der Waals surface area contributed by atoms with Crippen LogP contribution in [-0.4, -0.2) is 37.2 Å². The van der Waals surface area contributed by atoms with E-state index in [0.717, 1.165) is 32.2 Å². The number of rotatable bonds is 6. The van der Waals surface area contributed by atoms with Crippen molar-refractivity contribution in [3.63, 3.8) is 0 Å². The molecule has 0 bridgehead atoms. The molecule has 19 heavy (non-hydrogen) atoms. The highest BCUT2D eigenvalue weighted by atomic mass is 35.6. The fourth-order valence-electron chi connectivity index (χ4n) is 1.94. The van der Waals surface area contributed by atoms with E-state index in [2.05, 4.69) is 18.9 Å². The van der Waals surface area contributed by atoms with Crippen molar-refractivity contribution in [2.75, 3.05) is 6.54 Å². The van der Waals surface area contributed by atoms with Crippen molar-refractivity contribution in [1.82, 2.24) is 9.91 Å². The van der Waals surface area contributed by atoms with Crippen LogP contribution in [0, 0.1) is 0 Å². The predicted octanol–water partition coefficient (Wildman–Crippen LogP) is 4.98. The van der Waals surface area contributed by atoms with Crippen LogP contribution in [0.1, 0.15) is 39.5 Å². The number of unbranched alkanes of at least 4 members (excludes halogenated alkanes) is 1. The Morgan fingerprint density at radius 3 is 2.21 bits per heavy atom. The van der Waals surface area contributed by atoms with E-state index < -0.39 is 8.25 Å². The van der Waals surface area contributed by atoms with Crippen LogP contribution in [0.3, 0.4) is 0 Å². The van der Waals surface area contributed by atoms with Crippen molar-refractivity contribution in [2.24, 2.45) is 5.10 Å². The second-order valence-electron chi connectivity index (χ2n) is 4.46. The van der Waals surface area contributed by atoms with Gasteiger partial charge in [-0.25, -0.2) is 0 Å². The highest BCUT2D eigenvalue weighted by Crippen LogP contribution is 2.49. The van der Waals surface area contributed by atoms with Crippen molar-refractivity contribution >= 4 is 64.3 Å². The molecule has 1 aliphatic rings. The first-order valence-corrected chi connectivity index (χ1v) is 8.18. The molecule has 112 valence electrons. The molecule has 0 radical (unpaired) electrons. The minimum atomic E-state index is -1.82. The molecule has 8 heteroatoms. The highest BCUT2D eigenvalue weighted by Gasteiger charge is 2.54. The molecule has 0 saturated carbocycles. The zero-order valence-corrected chi connectivity index (χ0v) is 14.7. The molecule has 0 N–H and O–H groups in total. The van der Waals surface area contributed by atoms with Gasteiger partial charge in [0.2, 0.25) is 8.25 Å². The third kappa shape index (κ3) is 4.10. The van der Waals surface area contributed by atoms with Gasteiger partial charge in [0.15, 0.2) is 0 Å². The van der Waals surface area contributed by atoms with Gasteiger partial charge in [0.1, 0.15) is 12.5 Å². The zero-order chi connectivity index (χ0) is 14.7. The summed E-state index contributed by atoms with van der Waals surface area (Å²) in [6.07, 6.45) is 5.39. The first kappa shape index (κ1) is 17.8. The minimum Gasteiger partial charge on any atom is -0.304 e. The molecule has 0 aromatic rings. The Hall–Kier alpha value is 0.720. The van der Waals surface area contributed by atoms with Gasteiger partial charge in [-0.05, 0) is 19.3 Å². The Balaban J connectivity index is 2.89. The summed E-state index contributed by atoms with van der Waals surface area (Å²) >= 11 is 30.1. The Kier molecular flexibility index (Phi) is 6.67. The average molecular weight is 370 g/mol. The molecule has 1 rings (SSSR count). The molecule has 1 atom stereocenters. The summed E-state index contributed by atoms with van der Waals surface area (Å²) < 4.78 is -3.48. The van der Waals surface area contributed by atoms with Crippen molar-refractivity contribution in [3.05, 3.63) is 0 Å². The van der Waals surface area contributed by atoms with Gasteiger partial charge in [0, 0.05) is 6.54 Å². The van der Waals surface area contributed by atoms with Crippen molar-refractivity contribution in [2.45, 2.75) is 53.9 Å². The number of hydrogen-bond donors (Lipinski definition) is 0. The lowest BCUT2D eigenvalue weighted by molar-refractivity contribution is 0.103. The topological polar surface area (TPSA) is 18.8 Å². The van der Waals surface area contributed by atoms with E-state index in [-0.39, 0.29) is 6.17 Å². The van der Waals surface area contributed by atoms with Crippen molar-refractivity contribution < 1.29 is 0 Å². The van der Waals surface area contributed by atoms with Crippen LogP contribution < -0.4 is 0 Å². The summed E-state index contributed by atoms with van der Waals surface area (Å²) in [6.45, 7) is 5.01. The van der Waals surface area contributed by atoms with Crippen LogP contribution in [0.15, 0.2) is 5.10 Å². The van der Waals surface area contributed by atoms with Crippen LogP contribution in [0.4, 0.5) is 0 Å². The van der Waals surface area contributed by atoms with Gasteiger partial charge in [-0.1, -0.05) is 78.3 Å². The first-order chi connectivity index (χ1) is 8.75. The molecule has 0 saturated heterocycles. The smallest absolute Gasteiger partial charge is 0.241 e. The largest absolute Gasteiger partial charge is 0.304 e. The Morgan fingerprint density at radius 1 is 1.11 bits per heavy atom. The maximum Gasteiger partial charge on any atom is 0.241 e. The molecule has 0 aliphatic carbocycles. The highest BCUT2D eigenvalue weighted by molar-refractivity contribution is 6.75. The third-order valence-corrected chi connectivity index (χ3v) is 5.28. The quantitative estimate of drug-likeness (QED) is 0.486. The molecule has 1 aliphatic heterocycles. The molecular formula is C11H18Cl5N3. The monoisotopic (exact) mass is 367 g/mol. The average Bonchev–Trinajstić information content (AvgIpc) is 2.69. The molecule has 0 amide bonds. The lowest BCUT2D eigenvalue weighted by Gasteiger charge is -2.41. The van der Waals surface area contributed by atoms with Gasteiger partial charge in [-0.15, -0.1) is 0 Å². The fraction of sp³-hybridized carbons (Fsp3) is 0.909. The zero-order valence-electron chi connectivity index (χ0n) is 10.9. The van der Waals surface area contributed by atoms with E-state index in [9.17, 15) is 0 Å². The van der Waals surface area contributed by atoms with E-state index >= 15 is 0 Å². The predicted molar refractivity (Wildman–Crippen MR) is 85.4 cm³/mol. The first-order valence-electron chi connectivity index (χ1n) is 6.29. The van der Waals surface area contributed by atoms with Gasteiger partial charge in [-0.2, -0.15) is 5.10 Å². The lowest BCUT2D eigenvalue weighted by Crippen LogP contribution is -2.54. The Bertz CT molecular complexity index is 316. The number of nitrogens with zero attached hydrogens (tertiary/aromatic N) is 3. The van der Waals surface area contributed by atoms with Crippen LogP contribution in [-0.2, 0) is 0 Å². The molecular weight excluding hydrogens is 351 g/mol. The van der Waals surface area contributed by atoms with E-state index in [0.29, 0.717) is 0 Å².